The number of nitrogens with zero attached hydrogens (tertiary/aromatic N) is 2. The molecule has 0 aliphatic carbocycles. The second-order valence-corrected chi connectivity index (χ2v) is 7.69. The van der Waals surface area contributed by atoms with Crippen LogP contribution < -0.4 is 9.62 Å². The SMILES string of the molecule is CNc1nc2c(F)cc(N(CCO)Sc3cccs3)cc2s1. The van der Waals surface area contributed by atoms with E-state index in [0.717, 1.165) is 14.6 Å². The van der Waals surface area contributed by atoms with Crippen LogP contribution in [0.3, 0.4) is 0 Å². The Morgan fingerprint density at radius 2 is 2.32 bits per heavy atom. The van der Waals surface area contributed by atoms with Gasteiger partial charge in [0.2, 0.25) is 0 Å². The lowest BCUT2D eigenvalue weighted by Crippen LogP contribution is -2.18. The summed E-state index contributed by atoms with van der Waals surface area (Å²) in [6.45, 7) is 0.424. The van der Waals surface area contributed by atoms with E-state index in [9.17, 15) is 9.50 Å². The fourth-order valence-corrected chi connectivity index (χ4v) is 4.63. The van der Waals surface area contributed by atoms with Crippen LogP contribution in [0, 0.1) is 5.82 Å². The second kappa shape index (κ2) is 6.82. The number of halogens is 1. The van der Waals surface area contributed by atoms with Gasteiger partial charge in [0.25, 0.3) is 0 Å². The van der Waals surface area contributed by atoms with E-state index in [1.165, 1.54) is 29.4 Å². The number of hydrogen-bond donors (Lipinski definition) is 2. The number of fused-ring (bicyclic) bond motifs is 1. The monoisotopic (exact) mass is 355 g/mol. The maximum absolute atomic E-state index is 14.3. The van der Waals surface area contributed by atoms with E-state index in [2.05, 4.69) is 10.3 Å². The van der Waals surface area contributed by atoms with Crippen molar-refractivity contribution in [2.45, 2.75) is 4.21 Å². The zero-order valence-corrected chi connectivity index (χ0v) is 14.2. The molecule has 4 nitrogen and oxygen atoms in total. The average molecular weight is 355 g/mol. The standard InChI is InChI=1S/C14H14FN3OS3/c1-16-14-17-13-10(15)7-9(8-11(13)21-14)18(4-5-19)22-12-3-2-6-20-12/h2-3,6-8,19H,4-5H2,1H3,(H,16,17). The van der Waals surface area contributed by atoms with E-state index < -0.39 is 0 Å². The van der Waals surface area contributed by atoms with Crippen LogP contribution in [0.25, 0.3) is 10.2 Å². The van der Waals surface area contributed by atoms with E-state index in [1.54, 1.807) is 18.4 Å². The molecule has 0 unspecified atom stereocenters. The fraction of sp³-hybridized carbons (Fsp3) is 0.214. The van der Waals surface area contributed by atoms with Gasteiger partial charge in [-0.3, -0.25) is 0 Å². The zero-order valence-electron chi connectivity index (χ0n) is 11.7. The molecular formula is C14H14FN3OS3. The minimum Gasteiger partial charge on any atom is -0.394 e. The number of aliphatic hydroxyl groups excluding tert-OH is 1. The number of nitrogens with one attached hydrogen (secondary N) is 1. The highest BCUT2D eigenvalue weighted by atomic mass is 32.2. The molecule has 2 N–H and O–H groups in total. The van der Waals surface area contributed by atoms with Gasteiger partial charge in [0.05, 0.1) is 27.7 Å². The molecule has 0 saturated heterocycles. The van der Waals surface area contributed by atoms with Gasteiger partial charge in [0, 0.05) is 13.1 Å². The minimum absolute atomic E-state index is 0.00247. The van der Waals surface area contributed by atoms with Gasteiger partial charge in [-0.05, 0) is 29.5 Å². The first-order valence-corrected chi connectivity index (χ1v) is 9.06. The maximum Gasteiger partial charge on any atom is 0.183 e. The smallest absolute Gasteiger partial charge is 0.183 e. The molecule has 22 heavy (non-hydrogen) atoms. The number of aromatic nitrogens is 1. The highest BCUT2D eigenvalue weighted by Crippen LogP contribution is 2.36. The second-order valence-electron chi connectivity index (χ2n) is 4.39. The van der Waals surface area contributed by atoms with Crippen molar-refractivity contribution < 1.29 is 9.50 Å². The van der Waals surface area contributed by atoms with Crippen molar-refractivity contribution in [3.05, 3.63) is 35.5 Å². The Morgan fingerprint density at radius 3 is 3.00 bits per heavy atom. The number of anilines is 2. The molecule has 2 heterocycles. The van der Waals surface area contributed by atoms with Crippen molar-refractivity contribution in [1.29, 1.82) is 0 Å². The number of thiophene rings is 1. The molecule has 1 aromatic carbocycles. The molecule has 8 heteroatoms. The van der Waals surface area contributed by atoms with E-state index >= 15 is 0 Å². The molecular weight excluding hydrogens is 341 g/mol. The van der Waals surface area contributed by atoms with Gasteiger partial charge in [-0.15, -0.1) is 11.3 Å². The predicted molar refractivity (Wildman–Crippen MR) is 93.7 cm³/mol. The number of aliphatic hydroxyl groups is 1. The fourth-order valence-electron chi connectivity index (χ4n) is 1.97. The summed E-state index contributed by atoms with van der Waals surface area (Å²) in [4.78, 5) is 4.21. The number of thiazole rings is 1. The van der Waals surface area contributed by atoms with Crippen molar-refractivity contribution in [3.8, 4) is 0 Å². The van der Waals surface area contributed by atoms with E-state index in [-0.39, 0.29) is 12.4 Å². The lowest BCUT2D eigenvalue weighted by atomic mass is 10.3. The predicted octanol–water partition coefficient (Wildman–Crippen LogP) is 4.04. The van der Waals surface area contributed by atoms with Crippen molar-refractivity contribution >= 4 is 55.7 Å². The van der Waals surface area contributed by atoms with Crippen LogP contribution >= 0.6 is 34.6 Å². The number of benzene rings is 1. The molecule has 0 radical (unpaired) electrons. The van der Waals surface area contributed by atoms with E-state index in [0.29, 0.717) is 17.2 Å². The highest BCUT2D eigenvalue weighted by molar-refractivity contribution is 8.02. The maximum atomic E-state index is 14.3. The molecule has 0 spiro atoms. The Hall–Kier alpha value is -1.35. The van der Waals surface area contributed by atoms with Crippen LogP contribution in [0.4, 0.5) is 15.2 Å². The molecule has 3 aromatic rings. The third-order valence-corrected chi connectivity index (χ3v) is 6.06. The summed E-state index contributed by atoms with van der Waals surface area (Å²) >= 11 is 4.52. The quantitative estimate of drug-likeness (QED) is 0.654. The van der Waals surface area contributed by atoms with Crippen LogP contribution in [-0.2, 0) is 0 Å². The van der Waals surface area contributed by atoms with Gasteiger partial charge in [-0.25, -0.2) is 9.37 Å². The molecule has 0 bridgehead atoms. The summed E-state index contributed by atoms with van der Waals surface area (Å²) in [6, 6.07) is 7.35. The summed E-state index contributed by atoms with van der Waals surface area (Å²) in [5, 5.41) is 14.9. The zero-order chi connectivity index (χ0) is 15.5. The Labute approximate surface area is 139 Å². The van der Waals surface area contributed by atoms with Gasteiger partial charge in [0.15, 0.2) is 10.9 Å². The van der Waals surface area contributed by atoms with Crippen molar-refractivity contribution in [2.75, 3.05) is 29.8 Å². The summed E-state index contributed by atoms with van der Waals surface area (Å²) in [5.41, 5.74) is 1.10. The van der Waals surface area contributed by atoms with Gasteiger partial charge < -0.3 is 14.7 Å². The van der Waals surface area contributed by atoms with Crippen LogP contribution in [0.2, 0.25) is 0 Å². The van der Waals surface area contributed by atoms with Gasteiger partial charge in [-0.1, -0.05) is 17.4 Å². The highest BCUT2D eigenvalue weighted by Gasteiger charge is 2.15. The molecule has 0 aliphatic heterocycles. The van der Waals surface area contributed by atoms with Crippen LogP contribution in [0.15, 0.2) is 33.9 Å². The third kappa shape index (κ3) is 3.19. The molecule has 116 valence electrons. The van der Waals surface area contributed by atoms with Gasteiger partial charge in [-0.2, -0.15) is 0 Å². The van der Waals surface area contributed by atoms with Crippen molar-refractivity contribution in [3.63, 3.8) is 0 Å². The first-order chi connectivity index (χ1) is 10.7. The number of hydrogen-bond acceptors (Lipinski definition) is 7. The summed E-state index contributed by atoms with van der Waals surface area (Å²) in [5.74, 6) is -0.347. The Bertz CT molecular complexity index is 760. The lowest BCUT2D eigenvalue weighted by Gasteiger charge is -2.21. The topological polar surface area (TPSA) is 48.4 Å². The largest absolute Gasteiger partial charge is 0.394 e. The Balaban J connectivity index is 1.97. The molecule has 0 aliphatic rings. The normalized spacial score (nSPS) is 11.0. The number of rotatable bonds is 6. The Morgan fingerprint density at radius 1 is 1.45 bits per heavy atom. The summed E-state index contributed by atoms with van der Waals surface area (Å²) in [7, 11) is 1.77. The van der Waals surface area contributed by atoms with Crippen molar-refractivity contribution in [1.82, 2.24) is 4.98 Å². The first kappa shape index (κ1) is 15.5. The molecule has 0 fully saturated rings. The van der Waals surface area contributed by atoms with Gasteiger partial charge >= 0.3 is 0 Å². The Kier molecular flexibility index (Phi) is 4.82. The van der Waals surface area contributed by atoms with E-state index in [1.807, 2.05) is 27.9 Å². The average Bonchev–Trinajstić information content (AvgIpc) is 3.15. The molecule has 2 aromatic heterocycles. The molecule has 0 saturated carbocycles. The van der Waals surface area contributed by atoms with Crippen LogP contribution in [0.1, 0.15) is 0 Å². The summed E-state index contributed by atoms with van der Waals surface area (Å²) < 4.78 is 18.1. The van der Waals surface area contributed by atoms with Crippen molar-refractivity contribution in [2.24, 2.45) is 0 Å². The lowest BCUT2D eigenvalue weighted by molar-refractivity contribution is 0.308. The first-order valence-electron chi connectivity index (χ1n) is 6.59. The minimum atomic E-state index is -0.347. The molecule has 0 atom stereocenters. The van der Waals surface area contributed by atoms with Crippen LogP contribution in [0.5, 0.6) is 0 Å². The van der Waals surface area contributed by atoms with Crippen LogP contribution in [-0.4, -0.2) is 30.3 Å². The van der Waals surface area contributed by atoms with E-state index in [4.69, 9.17) is 0 Å². The third-order valence-electron chi connectivity index (χ3n) is 2.93. The summed E-state index contributed by atoms with van der Waals surface area (Å²) in [6.07, 6.45) is 0. The molecule has 3 rings (SSSR count). The molecule has 0 amide bonds. The van der Waals surface area contributed by atoms with Gasteiger partial charge in [0.1, 0.15) is 5.52 Å².